The van der Waals surface area contributed by atoms with E-state index in [0.717, 1.165) is 0 Å². The number of methoxy groups -OCH3 is 1. The van der Waals surface area contributed by atoms with E-state index in [1.165, 1.54) is 7.11 Å². The summed E-state index contributed by atoms with van der Waals surface area (Å²) in [7, 11) is 1.51. The molecule has 126 valence electrons. The molecule has 0 saturated carbocycles. The van der Waals surface area contributed by atoms with Crippen molar-refractivity contribution in [2.45, 2.75) is 26.7 Å². The molecule has 1 N–H and O–H groups in total. The topological polar surface area (TPSA) is 73.9 Å². The fourth-order valence-electron chi connectivity index (χ4n) is 3.23. The average Bonchev–Trinajstić information content (AvgIpc) is 2.54. The van der Waals surface area contributed by atoms with Gasteiger partial charge in [0.25, 0.3) is 0 Å². The Kier molecular flexibility index (Phi) is 4.05. The fraction of sp³-hybridized carbons (Fsp3) is 0.333. The summed E-state index contributed by atoms with van der Waals surface area (Å²) in [6, 6.07) is 5.36. The van der Waals surface area contributed by atoms with Crippen LogP contribution in [0.2, 0.25) is 0 Å². The van der Waals surface area contributed by atoms with E-state index in [1.807, 2.05) is 12.1 Å². The first-order chi connectivity index (χ1) is 11.5. The molecular weight excluding hydrogens is 310 g/mol. The van der Waals surface area contributed by atoms with E-state index in [0.29, 0.717) is 39.6 Å². The molecule has 1 aromatic carbocycles. The van der Waals surface area contributed by atoms with E-state index in [4.69, 9.17) is 14.2 Å². The van der Waals surface area contributed by atoms with Crippen molar-refractivity contribution in [2.75, 3.05) is 13.7 Å². The zero-order valence-electron chi connectivity index (χ0n) is 14.1. The lowest BCUT2D eigenvalue weighted by Gasteiger charge is -2.34. The number of benzene rings is 1. The first-order valence-electron chi connectivity index (χ1n) is 7.74. The van der Waals surface area contributed by atoms with Gasteiger partial charge in [-0.2, -0.15) is 0 Å². The van der Waals surface area contributed by atoms with Gasteiger partial charge in [0.05, 0.1) is 30.8 Å². The summed E-state index contributed by atoms with van der Waals surface area (Å²) in [6.45, 7) is 5.60. The van der Waals surface area contributed by atoms with E-state index < -0.39 is 17.9 Å². The molecule has 3 rings (SSSR count). The molecule has 0 aliphatic carbocycles. The normalized spacial score (nSPS) is 19.2. The maximum atomic E-state index is 12.6. The zero-order chi connectivity index (χ0) is 17.4. The maximum Gasteiger partial charge on any atom is 0.342 e. The Balaban J connectivity index is 2.24. The number of nitrogens with one attached hydrogen (secondary N) is 1. The Hall–Kier alpha value is -2.76. The molecule has 0 amide bonds. The van der Waals surface area contributed by atoms with Gasteiger partial charge in [0.15, 0.2) is 11.5 Å². The lowest BCUT2D eigenvalue weighted by molar-refractivity contribution is -0.139. The Morgan fingerprint density at radius 1 is 1.29 bits per heavy atom. The van der Waals surface area contributed by atoms with Crippen LogP contribution in [0.1, 0.15) is 32.3 Å². The number of allylic oxidation sites excluding steroid dienone is 2. The van der Waals surface area contributed by atoms with E-state index in [1.54, 1.807) is 26.8 Å². The molecule has 2 heterocycles. The first-order valence-corrected chi connectivity index (χ1v) is 7.74. The van der Waals surface area contributed by atoms with Gasteiger partial charge in [-0.1, -0.05) is 12.1 Å². The Morgan fingerprint density at radius 3 is 2.71 bits per heavy atom. The van der Waals surface area contributed by atoms with Crippen LogP contribution in [-0.4, -0.2) is 25.7 Å². The van der Waals surface area contributed by atoms with Crippen LogP contribution in [0.3, 0.4) is 0 Å². The molecule has 0 fully saturated rings. The Morgan fingerprint density at radius 2 is 2.04 bits per heavy atom. The Labute approximate surface area is 140 Å². The van der Waals surface area contributed by atoms with E-state index in [9.17, 15) is 9.59 Å². The maximum absolute atomic E-state index is 12.6. The highest BCUT2D eigenvalue weighted by Gasteiger charge is 2.43. The molecule has 24 heavy (non-hydrogen) atoms. The highest BCUT2D eigenvalue weighted by atomic mass is 16.6. The lowest BCUT2D eigenvalue weighted by atomic mass is 9.78. The summed E-state index contributed by atoms with van der Waals surface area (Å²) < 4.78 is 16.0. The van der Waals surface area contributed by atoms with E-state index >= 15 is 0 Å². The second-order valence-electron chi connectivity index (χ2n) is 5.62. The SMILES string of the molecule is CCOC(=O)C1=C(C)NC(C)=C2C(=O)Oc3c(OC)cccc3[C@H]12. The molecule has 0 saturated heterocycles. The van der Waals surface area contributed by atoms with Crippen LogP contribution in [0.15, 0.2) is 40.7 Å². The number of carbonyl (C=O) groups is 2. The van der Waals surface area contributed by atoms with Crippen LogP contribution in [-0.2, 0) is 14.3 Å². The van der Waals surface area contributed by atoms with Gasteiger partial charge in [0.1, 0.15) is 0 Å². The zero-order valence-corrected chi connectivity index (χ0v) is 14.1. The molecule has 0 spiro atoms. The molecule has 1 aromatic rings. The molecule has 1 atom stereocenters. The van der Waals surface area contributed by atoms with Crippen molar-refractivity contribution in [3.05, 3.63) is 46.3 Å². The molecular formula is C18H19NO5. The van der Waals surface area contributed by atoms with Gasteiger partial charge in [-0.05, 0) is 26.8 Å². The minimum atomic E-state index is -0.531. The molecule has 2 aliphatic rings. The quantitative estimate of drug-likeness (QED) is 0.678. The van der Waals surface area contributed by atoms with E-state index in [-0.39, 0.29) is 6.61 Å². The molecule has 0 bridgehead atoms. The van der Waals surface area contributed by atoms with Crippen LogP contribution >= 0.6 is 0 Å². The van der Waals surface area contributed by atoms with Crippen LogP contribution in [0.4, 0.5) is 0 Å². The largest absolute Gasteiger partial charge is 0.493 e. The summed E-state index contributed by atoms with van der Waals surface area (Å²) in [5.74, 6) is -0.658. The average molecular weight is 329 g/mol. The van der Waals surface area contributed by atoms with Crippen molar-refractivity contribution in [3.63, 3.8) is 0 Å². The molecule has 0 unspecified atom stereocenters. The van der Waals surface area contributed by atoms with Crippen molar-refractivity contribution < 1.29 is 23.8 Å². The number of hydrogen-bond donors (Lipinski definition) is 1. The second-order valence-corrected chi connectivity index (χ2v) is 5.62. The summed E-state index contributed by atoms with van der Waals surface area (Å²) in [5, 5.41) is 3.08. The van der Waals surface area contributed by atoms with Crippen LogP contribution in [0.5, 0.6) is 11.5 Å². The summed E-state index contributed by atoms with van der Waals surface area (Å²) in [6.07, 6.45) is 0. The van der Waals surface area contributed by atoms with Crippen molar-refractivity contribution in [1.82, 2.24) is 5.32 Å². The highest BCUT2D eigenvalue weighted by molar-refractivity contribution is 6.02. The van der Waals surface area contributed by atoms with Gasteiger partial charge in [-0.15, -0.1) is 0 Å². The van der Waals surface area contributed by atoms with Gasteiger partial charge >= 0.3 is 11.9 Å². The summed E-state index contributed by atoms with van der Waals surface area (Å²) in [5.41, 5.74) is 2.90. The van der Waals surface area contributed by atoms with Gasteiger partial charge in [-0.3, -0.25) is 0 Å². The third-order valence-corrected chi connectivity index (χ3v) is 4.21. The highest BCUT2D eigenvalue weighted by Crippen LogP contribution is 2.48. The second kappa shape index (κ2) is 6.03. The predicted molar refractivity (Wildman–Crippen MR) is 86.5 cm³/mol. The molecule has 2 aliphatic heterocycles. The number of rotatable bonds is 3. The molecule has 0 aromatic heterocycles. The number of ether oxygens (including phenoxy) is 3. The fourth-order valence-corrected chi connectivity index (χ4v) is 3.23. The van der Waals surface area contributed by atoms with Crippen molar-refractivity contribution in [3.8, 4) is 11.5 Å². The lowest BCUT2D eigenvalue weighted by Crippen LogP contribution is -2.36. The van der Waals surface area contributed by atoms with Crippen molar-refractivity contribution >= 4 is 11.9 Å². The van der Waals surface area contributed by atoms with E-state index in [2.05, 4.69) is 5.32 Å². The predicted octanol–water partition coefficient (Wildman–Crippen LogP) is 2.41. The number of esters is 2. The van der Waals surface area contributed by atoms with Gasteiger partial charge in [0.2, 0.25) is 0 Å². The van der Waals surface area contributed by atoms with Crippen LogP contribution < -0.4 is 14.8 Å². The summed E-state index contributed by atoms with van der Waals surface area (Å²) >= 11 is 0. The number of carbonyl (C=O) groups excluding carboxylic acids is 2. The number of hydrogen-bond acceptors (Lipinski definition) is 6. The van der Waals surface area contributed by atoms with Crippen molar-refractivity contribution in [1.29, 1.82) is 0 Å². The third-order valence-electron chi connectivity index (χ3n) is 4.21. The minimum absolute atomic E-state index is 0.260. The molecule has 6 nitrogen and oxygen atoms in total. The van der Waals surface area contributed by atoms with Crippen LogP contribution in [0.25, 0.3) is 0 Å². The Bertz CT molecular complexity index is 791. The van der Waals surface area contributed by atoms with Crippen LogP contribution in [0, 0.1) is 0 Å². The monoisotopic (exact) mass is 329 g/mol. The summed E-state index contributed by atoms with van der Waals surface area (Å²) in [4.78, 5) is 25.1. The minimum Gasteiger partial charge on any atom is -0.493 e. The molecule has 6 heteroatoms. The number of para-hydroxylation sites is 1. The number of dihydropyridines is 1. The van der Waals surface area contributed by atoms with Crippen molar-refractivity contribution in [2.24, 2.45) is 0 Å². The standard InChI is InChI=1S/C18H19NO5/c1-5-23-17(20)13-9(2)19-10(3)14-15(13)11-7-6-8-12(22-4)16(11)24-18(14)21/h6-8,15,19H,5H2,1-4H3/t15-/m1/s1. The van der Waals surface area contributed by atoms with Gasteiger partial charge < -0.3 is 19.5 Å². The van der Waals surface area contributed by atoms with Gasteiger partial charge in [0, 0.05) is 17.0 Å². The smallest absolute Gasteiger partial charge is 0.342 e. The number of fused-ring (bicyclic) bond motifs is 3. The van der Waals surface area contributed by atoms with Gasteiger partial charge in [-0.25, -0.2) is 9.59 Å². The third kappa shape index (κ3) is 2.35. The molecule has 0 radical (unpaired) electrons. The first kappa shape index (κ1) is 16.1.